The lowest BCUT2D eigenvalue weighted by Gasteiger charge is -2.31. The van der Waals surface area contributed by atoms with E-state index in [4.69, 9.17) is 27.9 Å². The van der Waals surface area contributed by atoms with Gasteiger partial charge in [-0.3, -0.25) is 9.59 Å². The number of halogens is 3. The standard InChI is InChI=1S/C22H25Cl2IN2O3/c1-14(21(29)26-22(2,3)4)27(12-17-18(23)6-5-7-19(17)24)20(28)13-30-16-10-8-15(25)9-11-16/h5-11,14H,12-13H2,1-4H3,(H,26,29). The lowest BCUT2D eigenvalue weighted by Crippen LogP contribution is -2.53. The van der Waals surface area contributed by atoms with Crippen molar-refractivity contribution in [1.82, 2.24) is 10.2 Å². The molecule has 0 radical (unpaired) electrons. The first-order chi connectivity index (χ1) is 14.0. The summed E-state index contributed by atoms with van der Waals surface area (Å²) < 4.78 is 6.70. The highest BCUT2D eigenvalue weighted by Crippen LogP contribution is 2.26. The van der Waals surface area contributed by atoms with Gasteiger partial charge in [0, 0.05) is 31.3 Å². The molecule has 162 valence electrons. The van der Waals surface area contributed by atoms with Crippen molar-refractivity contribution in [2.45, 2.75) is 45.8 Å². The first kappa shape index (κ1) is 24.8. The van der Waals surface area contributed by atoms with Crippen molar-refractivity contribution in [2.75, 3.05) is 6.61 Å². The van der Waals surface area contributed by atoms with Crippen molar-refractivity contribution in [3.05, 3.63) is 61.6 Å². The van der Waals surface area contributed by atoms with Crippen LogP contribution in [0.3, 0.4) is 0 Å². The van der Waals surface area contributed by atoms with E-state index in [9.17, 15) is 9.59 Å². The Morgan fingerprint density at radius 2 is 1.67 bits per heavy atom. The zero-order valence-corrected chi connectivity index (χ0v) is 21.0. The maximum Gasteiger partial charge on any atom is 0.261 e. The molecule has 5 nitrogen and oxygen atoms in total. The minimum Gasteiger partial charge on any atom is -0.484 e. The van der Waals surface area contributed by atoms with Crippen LogP contribution in [0.2, 0.25) is 10.0 Å². The van der Waals surface area contributed by atoms with Gasteiger partial charge in [0.25, 0.3) is 5.91 Å². The zero-order valence-electron chi connectivity index (χ0n) is 17.3. The number of hydrogen-bond donors (Lipinski definition) is 1. The number of ether oxygens (including phenoxy) is 1. The van der Waals surface area contributed by atoms with Crippen LogP contribution < -0.4 is 10.1 Å². The van der Waals surface area contributed by atoms with Crippen molar-refractivity contribution in [3.8, 4) is 5.75 Å². The Bertz CT molecular complexity index is 878. The fourth-order valence-electron chi connectivity index (χ4n) is 2.67. The summed E-state index contributed by atoms with van der Waals surface area (Å²) in [6.45, 7) is 7.20. The quantitative estimate of drug-likeness (QED) is 0.465. The average molecular weight is 563 g/mol. The predicted molar refractivity (Wildman–Crippen MR) is 129 cm³/mol. The fourth-order valence-corrected chi connectivity index (χ4v) is 3.55. The average Bonchev–Trinajstić information content (AvgIpc) is 2.65. The van der Waals surface area contributed by atoms with Gasteiger partial charge in [0.1, 0.15) is 11.8 Å². The Kier molecular flexibility index (Phi) is 8.82. The summed E-state index contributed by atoms with van der Waals surface area (Å²) in [5.41, 5.74) is 0.152. The molecule has 0 fully saturated rings. The van der Waals surface area contributed by atoms with Crippen molar-refractivity contribution < 1.29 is 14.3 Å². The third-order valence-electron chi connectivity index (χ3n) is 4.23. The van der Waals surface area contributed by atoms with E-state index in [0.29, 0.717) is 21.4 Å². The van der Waals surface area contributed by atoms with Crippen LogP contribution in [0.5, 0.6) is 5.75 Å². The van der Waals surface area contributed by atoms with E-state index in [1.165, 1.54) is 4.90 Å². The molecule has 0 aromatic heterocycles. The molecule has 30 heavy (non-hydrogen) atoms. The maximum atomic E-state index is 13.1. The maximum absolute atomic E-state index is 13.1. The number of nitrogens with zero attached hydrogens (tertiary/aromatic N) is 1. The van der Waals surface area contributed by atoms with Crippen LogP contribution in [0.4, 0.5) is 0 Å². The Hall–Kier alpha value is -1.51. The minimum atomic E-state index is -0.746. The summed E-state index contributed by atoms with van der Waals surface area (Å²) >= 11 is 14.8. The predicted octanol–water partition coefficient (Wildman–Crippen LogP) is 5.31. The Labute approximate surface area is 201 Å². The molecule has 0 spiro atoms. The van der Waals surface area contributed by atoms with Gasteiger partial charge in [0.2, 0.25) is 5.91 Å². The Morgan fingerprint density at radius 3 is 2.20 bits per heavy atom. The molecular formula is C22H25Cl2IN2O3. The van der Waals surface area contributed by atoms with Gasteiger partial charge in [-0.05, 0) is 86.7 Å². The van der Waals surface area contributed by atoms with Crippen molar-refractivity contribution in [1.29, 1.82) is 0 Å². The SMILES string of the molecule is CC(C(=O)NC(C)(C)C)N(Cc1c(Cl)cccc1Cl)C(=O)COc1ccc(I)cc1. The lowest BCUT2D eigenvalue weighted by atomic mass is 10.1. The van der Waals surface area contributed by atoms with Crippen LogP contribution in [0, 0.1) is 3.57 Å². The number of hydrogen-bond acceptors (Lipinski definition) is 3. The molecule has 2 aromatic carbocycles. The van der Waals surface area contributed by atoms with E-state index in [1.807, 2.05) is 32.9 Å². The lowest BCUT2D eigenvalue weighted by molar-refractivity contribution is -0.142. The third kappa shape index (κ3) is 7.32. The summed E-state index contributed by atoms with van der Waals surface area (Å²) in [6, 6.07) is 11.8. The van der Waals surface area contributed by atoms with Crippen LogP contribution in [0.25, 0.3) is 0 Å². The minimum absolute atomic E-state index is 0.0894. The molecule has 8 heteroatoms. The molecule has 0 aliphatic carbocycles. The first-order valence-electron chi connectivity index (χ1n) is 9.40. The number of carbonyl (C=O) groups is 2. The molecule has 0 aliphatic rings. The molecule has 1 N–H and O–H groups in total. The second-order valence-electron chi connectivity index (χ2n) is 7.88. The van der Waals surface area contributed by atoms with E-state index in [2.05, 4.69) is 27.9 Å². The molecule has 0 saturated carbocycles. The van der Waals surface area contributed by atoms with Crippen LogP contribution in [0.1, 0.15) is 33.3 Å². The van der Waals surface area contributed by atoms with Crippen molar-refractivity contribution >= 4 is 57.6 Å². The molecule has 0 heterocycles. The van der Waals surface area contributed by atoms with Gasteiger partial charge in [0.05, 0.1) is 0 Å². The summed E-state index contributed by atoms with van der Waals surface area (Å²) in [5.74, 6) is -0.0410. The van der Waals surface area contributed by atoms with Gasteiger partial charge >= 0.3 is 0 Å². The topological polar surface area (TPSA) is 58.6 Å². The van der Waals surface area contributed by atoms with Gasteiger partial charge in [-0.2, -0.15) is 0 Å². The molecule has 2 rings (SSSR count). The number of amides is 2. The number of benzene rings is 2. The Morgan fingerprint density at radius 1 is 1.10 bits per heavy atom. The van der Waals surface area contributed by atoms with Crippen LogP contribution in [0.15, 0.2) is 42.5 Å². The van der Waals surface area contributed by atoms with E-state index in [0.717, 1.165) is 3.57 Å². The van der Waals surface area contributed by atoms with Crippen molar-refractivity contribution in [3.63, 3.8) is 0 Å². The molecule has 0 saturated heterocycles. The summed E-state index contributed by atoms with van der Waals surface area (Å²) in [6.07, 6.45) is 0. The largest absolute Gasteiger partial charge is 0.484 e. The normalized spacial score (nSPS) is 12.2. The van der Waals surface area contributed by atoms with Gasteiger partial charge in [-0.1, -0.05) is 29.3 Å². The summed E-state index contributed by atoms with van der Waals surface area (Å²) in [7, 11) is 0. The highest BCUT2D eigenvalue weighted by Gasteiger charge is 2.29. The van der Waals surface area contributed by atoms with Gasteiger partial charge in [0.15, 0.2) is 6.61 Å². The van der Waals surface area contributed by atoms with Crippen LogP contribution in [-0.4, -0.2) is 34.9 Å². The van der Waals surface area contributed by atoms with E-state index in [-0.39, 0.29) is 25.0 Å². The third-order valence-corrected chi connectivity index (χ3v) is 5.66. The van der Waals surface area contributed by atoms with E-state index in [1.54, 1.807) is 37.3 Å². The highest BCUT2D eigenvalue weighted by atomic mass is 127. The van der Waals surface area contributed by atoms with Gasteiger partial charge in [-0.25, -0.2) is 0 Å². The molecule has 1 atom stereocenters. The van der Waals surface area contributed by atoms with Crippen molar-refractivity contribution in [2.24, 2.45) is 0 Å². The summed E-state index contributed by atoms with van der Waals surface area (Å²) in [5, 5.41) is 3.77. The fraction of sp³-hybridized carbons (Fsp3) is 0.364. The van der Waals surface area contributed by atoms with Gasteiger partial charge in [-0.15, -0.1) is 0 Å². The Balaban J connectivity index is 2.23. The number of nitrogens with one attached hydrogen (secondary N) is 1. The zero-order chi connectivity index (χ0) is 22.5. The van der Waals surface area contributed by atoms with E-state index < -0.39 is 11.6 Å². The molecule has 0 bridgehead atoms. The van der Waals surface area contributed by atoms with Gasteiger partial charge < -0.3 is 15.0 Å². The van der Waals surface area contributed by atoms with E-state index >= 15 is 0 Å². The summed E-state index contributed by atoms with van der Waals surface area (Å²) in [4.78, 5) is 27.3. The molecule has 1 unspecified atom stereocenters. The molecule has 0 aliphatic heterocycles. The number of carbonyl (C=O) groups excluding carboxylic acids is 2. The molecule has 2 amide bonds. The number of rotatable bonds is 7. The first-order valence-corrected chi connectivity index (χ1v) is 11.2. The monoisotopic (exact) mass is 562 g/mol. The second kappa shape index (κ2) is 10.7. The molecule has 2 aromatic rings. The molecular weight excluding hydrogens is 538 g/mol. The van der Waals surface area contributed by atoms with Crippen LogP contribution in [-0.2, 0) is 16.1 Å². The second-order valence-corrected chi connectivity index (χ2v) is 9.94. The highest BCUT2D eigenvalue weighted by molar-refractivity contribution is 14.1. The van der Waals surface area contributed by atoms with Crippen LogP contribution >= 0.6 is 45.8 Å². The smallest absolute Gasteiger partial charge is 0.261 e.